The minimum atomic E-state index is -0.902. The number of carbonyl (C=O) groups is 3. The Bertz CT molecular complexity index is 915. The highest BCUT2D eigenvalue weighted by atomic mass is 32.1. The molecule has 0 atom stereocenters. The molecule has 0 aliphatic heterocycles. The molecule has 1 aliphatic rings. The van der Waals surface area contributed by atoms with Crippen molar-refractivity contribution >= 4 is 34.1 Å². The van der Waals surface area contributed by atoms with Crippen molar-refractivity contribution in [1.82, 2.24) is 4.98 Å². The lowest BCUT2D eigenvalue weighted by Gasteiger charge is -2.07. The van der Waals surface area contributed by atoms with E-state index >= 15 is 0 Å². The summed E-state index contributed by atoms with van der Waals surface area (Å²) in [6, 6.07) is 2.78. The number of thiophene rings is 1. The second kappa shape index (κ2) is 6.89. The Morgan fingerprint density at radius 2 is 2.12 bits per heavy atom. The number of fused-ring (bicyclic) bond motifs is 1. The smallest absolute Gasteiger partial charge is 0.344 e. The molecule has 0 fully saturated rings. The van der Waals surface area contributed by atoms with Crippen LogP contribution in [0.5, 0.6) is 0 Å². The Balaban J connectivity index is 1.66. The summed E-state index contributed by atoms with van der Waals surface area (Å²) in [5.41, 5.74) is 5.85. The zero-order chi connectivity index (χ0) is 18.0. The minimum Gasteiger partial charge on any atom is -0.452 e. The number of esters is 1. The number of nitrogens with one attached hydrogen (secondary N) is 2. The molecule has 0 unspecified atom stereocenters. The van der Waals surface area contributed by atoms with Crippen LogP contribution >= 0.6 is 11.3 Å². The summed E-state index contributed by atoms with van der Waals surface area (Å²) in [5.74, 6) is -2.11. The molecule has 0 bridgehead atoms. The minimum absolute atomic E-state index is 0.191. The van der Waals surface area contributed by atoms with Gasteiger partial charge in [0.05, 0.1) is 5.56 Å². The SMILES string of the molecule is NC(=O)c1c(NC(=O)COC(=O)c2ccc[nH]c2=O)sc2c1CCC2. The number of nitrogens with two attached hydrogens (primary N) is 1. The highest BCUT2D eigenvalue weighted by Crippen LogP contribution is 2.38. The Morgan fingerprint density at radius 1 is 1.32 bits per heavy atom. The van der Waals surface area contributed by atoms with Gasteiger partial charge in [-0.1, -0.05) is 0 Å². The Hall–Kier alpha value is -2.94. The second-order valence-electron chi connectivity index (χ2n) is 5.46. The van der Waals surface area contributed by atoms with Crippen molar-refractivity contribution in [3.8, 4) is 0 Å². The Kier molecular flexibility index (Phi) is 4.66. The van der Waals surface area contributed by atoms with E-state index in [0.29, 0.717) is 10.6 Å². The van der Waals surface area contributed by atoms with Crippen LogP contribution in [0.4, 0.5) is 5.00 Å². The molecule has 1 aliphatic carbocycles. The molecule has 0 saturated heterocycles. The number of anilines is 1. The normalized spacial score (nSPS) is 12.5. The summed E-state index contributed by atoms with van der Waals surface area (Å²) in [5, 5.41) is 2.93. The van der Waals surface area contributed by atoms with E-state index in [2.05, 4.69) is 10.3 Å². The number of pyridine rings is 1. The predicted octanol–water partition coefficient (Wildman–Crippen LogP) is 0.819. The Morgan fingerprint density at radius 3 is 2.84 bits per heavy atom. The van der Waals surface area contributed by atoms with E-state index in [4.69, 9.17) is 10.5 Å². The summed E-state index contributed by atoms with van der Waals surface area (Å²) >= 11 is 1.31. The maximum absolute atomic E-state index is 12.0. The van der Waals surface area contributed by atoms with Crippen molar-refractivity contribution in [2.75, 3.05) is 11.9 Å². The quantitative estimate of drug-likeness (QED) is 0.679. The number of H-pyrrole nitrogens is 1. The van der Waals surface area contributed by atoms with Crippen LogP contribution in [0, 0.1) is 0 Å². The fourth-order valence-corrected chi connectivity index (χ4v) is 4.02. The molecular formula is C16H15N3O5S. The summed E-state index contributed by atoms with van der Waals surface area (Å²) in [4.78, 5) is 50.4. The van der Waals surface area contributed by atoms with Gasteiger partial charge in [-0.15, -0.1) is 11.3 Å². The number of aryl methyl sites for hydroxylation is 1. The number of primary amides is 1. The fraction of sp³-hybridized carbons (Fsp3) is 0.250. The lowest BCUT2D eigenvalue weighted by molar-refractivity contribution is -0.119. The average molecular weight is 361 g/mol. The number of hydrogen-bond acceptors (Lipinski definition) is 6. The van der Waals surface area contributed by atoms with Crippen molar-refractivity contribution in [2.45, 2.75) is 19.3 Å². The van der Waals surface area contributed by atoms with E-state index in [1.165, 1.54) is 29.7 Å². The molecule has 0 radical (unpaired) electrons. The molecular weight excluding hydrogens is 346 g/mol. The van der Waals surface area contributed by atoms with Crippen LogP contribution in [0.3, 0.4) is 0 Å². The molecule has 3 rings (SSSR count). The summed E-state index contributed by atoms with van der Waals surface area (Å²) < 4.78 is 4.84. The maximum Gasteiger partial charge on any atom is 0.344 e. The van der Waals surface area contributed by atoms with Gasteiger partial charge in [0.1, 0.15) is 10.6 Å². The number of amides is 2. The average Bonchev–Trinajstić information content (AvgIpc) is 3.13. The van der Waals surface area contributed by atoms with Gasteiger partial charge < -0.3 is 20.8 Å². The van der Waals surface area contributed by atoms with Gasteiger partial charge in [-0.05, 0) is 37.0 Å². The van der Waals surface area contributed by atoms with Crippen LogP contribution < -0.4 is 16.6 Å². The maximum atomic E-state index is 12.0. The van der Waals surface area contributed by atoms with Crippen LogP contribution in [-0.4, -0.2) is 29.4 Å². The number of aromatic amines is 1. The third-order valence-electron chi connectivity index (χ3n) is 3.79. The number of carbonyl (C=O) groups excluding carboxylic acids is 3. The van der Waals surface area contributed by atoms with Crippen molar-refractivity contribution in [2.24, 2.45) is 5.73 Å². The van der Waals surface area contributed by atoms with Crippen molar-refractivity contribution in [3.05, 3.63) is 50.3 Å². The molecule has 8 nitrogen and oxygen atoms in total. The molecule has 4 N–H and O–H groups in total. The van der Waals surface area contributed by atoms with Crippen LogP contribution in [0.25, 0.3) is 0 Å². The van der Waals surface area contributed by atoms with Crippen LogP contribution in [0.15, 0.2) is 23.1 Å². The van der Waals surface area contributed by atoms with Gasteiger partial charge in [-0.2, -0.15) is 0 Å². The molecule has 0 saturated carbocycles. The standard InChI is InChI=1S/C16H15N3O5S/c17-13(21)12-8-3-1-5-10(8)25-15(12)19-11(20)7-24-16(23)9-4-2-6-18-14(9)22/h2,4,6H,1,3,5,7H2,(H2,17,21)(H,18,22)(H,19,20). The van der Waals surface area contributed by atoms with E-state index in [1.54, 1.807) is 0 Å². The monoisotopic (exact) mass is 361 g/mol. The third-order valence-corrected chi connectivity index (χ3v) is 5.00. The van der Waals surface area contributed by atoms with Gasteiger partial charge in [-0.3, -0.25) is 14.4 Å². The highest BCUT2D eigenvalue weighted by Gasteiger charge is 2.26. The van der Waals surface area contributed by atoms with E-state index in [9.17, 15) is 19.2 Å². The summed E-state index contributed by atoms with van der Waals surface area (Å²) in [7, 11) is 0. The Labute approximate surface area is 146 Å². The molecule has 2 amide bonds. The van der Waals surface area contributed by atoms with E-state index in [-0.39, 0.29) is 5.56 Å². The molecule has 2 aromatic rings. The number of ether oxygens (including phenoxy) is 1. The van der Waals surface area contributed by atoms with E-state index in [1.807, 2.05) is 0 Å². The molecule has 130 valence electrons. The van der Waals surface area contributed by atoms with Crippen molar-refractivity contribution in [1.29, 1.82) is 0 Å². The van der Waals surface area contributed by atoms with Gasteiger partial charge in [0.2, 0.25) is 0 Å². The first kappa shape index (κ1) is 16.9. The lowest BCUT2D eigenvalue weighted by atomic mass is 10.1. The zero-order valence-electron chi connectivity index (χ0n) is 13.1. The first-order valence-corrected chi connectivity index (χ1v) is 8.38. The number of rotatable bonds is 5. The van der Waals surface area contributed by atoms with Gasteiger partial charge in [0.15, 0.2) is 6.61 Å². The molecule has 2 heterocycles. The molecule has 2 aromatic heterocycles. The van der Waals surface area contributed by atoms with Gasteiger partial charge in [-0.25, -0.2) is 4.79 Å². The van der Waals surface area contributed by atoms with E-state index in [0.717, 1.165) is 29.7 Å². The molecule has 25 heavy (non-hydrogen) atoms. The largest absolute Gasteiger partial charge is 0.452 e. The van der Waals surface area contributed by atoms with Gasteiger partial charge in [0.25, 0.3) is 17.4 Å². The van der Waals surface area contributed by atoms with Crippen LogP contribution in [0.2, 0.25) is 0 Å². The first-order valence-electron chi connectivity index (χ1n) is 7.56. The second-order valence-corrected chi connectivity index (χ2v) is 6.57. The molecule has 0 aromatic carbocycles. The van der Waals surface area contributed by atoms with Crippen LogP contribution in [0.1, 0.15) is 37.6 Å². The van der Waals surface area contributed by atoms with Crippen molar-refractivity contribution < 1.29 is 19.1 Å². The number of hydrogen-bond donors (Lipinski definition) is 3. The van der Waals surface area contributed by atoms with Crippen LogP contribution in [-0.2, 0) is 22.4 Å². The van der Waals surface area contributed by atoms with Gasteiger partial charge >= 0.3 is 5.97 Å². The third kappa shape index (κ3) is 3.45. The lowest BCUT2D eigenvalue weighted by Crippen LogP contribution is -2.25. The molecule has 0 spiro atoms. The highest BCUT2D eigenvalue weighted by molar-refractivity contribution is 7.17. The first-order chi connectivity index (χ1) is 12.0. The summed E-state index contributed by atoms with van der Waals surface area (Å²) in [6.07, 6.45) is 3.94. The van der Waals surface area contributed by atoms with E-state index < -0.39 is 29.9 Å². The zero-order valence-corrected chi connectivity index (χ0v) is 13.9. The number of aromatic nitrogens is 1. The topological polar surface area (TPSA) is 131 Å². The van der Waals surface area contributed by atoms with Crippen molar-refractivity contribution in [3.63, 3.8) is 0 Å². The van der Waals surface area contributed by atoms with Gasteiger partial charge in [0, 0.05) is 11.1 Å². The predicted molar refractivity (Wildman–Crippen MR) is 90.8 cm³/mol. The fourth-order valence-electron chi connectivity index (χ4n) is 2.71. The summed E-state index contributed by atoms with van der Waals surface area (Å²) in [6.45, 7) is -0.575. The molecule has 9 heteroatoms.